The average Bonchev–Trinajstić information content (AvgIpc) is 1.85. The molecule has 6 heteroatoms. The van der Waals surface area contributed by atoms with Crippen molar-refractivity contribution in [1.29, 1.82) is 0 Å². The van der Waals surface area contributed by atoms with E-state index in [0.717, 1.165) is 0 Å². The average molecular weight is 138 g/mol. The summed E-state index contributed by atoms with van der Waals surface area (Å²) in [6, 6.07) is 0. The third-order valence-corrected chi connectivity index (χ3v) is 0.554. The second-order valence-corrected chi connectivity index (χ2v) is 1.33. The van der Waals surface area contributed by atoms with Gasteiger partial charge >= 0.3 is 0 Å². The van der Waals surface area contributed by atoms with Crippen molar-refractivity contribution < 1.29 is 30.4 Å². The molecule has 6 nitrogen and oxygen atoms in total. The fraction of sp³-hybridized carbons (Fsp3) is 1.00. The maximum Gasteiger partial charge on any atom is 0.116 e. The van der Waals surface area contributed by atoms with Gasteiger partial charge in [0, 0.05) is 0 Å². The molecule has 0 saturated carbocycles. The van der Waals surface area contributed by atoms with Gasteiger partial charge < -0.3 is 10.5 Å². The SMILES string of the molecule is CC(COO[O-])OO[O-]. The summed E-state index contributed by atoms with van der Waals surface area (Å²) in [5, 5.41) is 24.3. The summed E-state index contributed by atoms with van der Waals surface area (Å²) in [6.45, 7) is 1.32. The lowest BCUT2D eigenvalue weighted by molar-refractivity contribution is -0.815. The maximum absolute atomic E-state index is 9.21. The summed E-state index contributed by atoms with van der Waals surface area (Å²) in [5.74, 6) is 0. The van der Waals surface area contributed by atoms with Crippen LogP contribution in [-0.2, 0) is 19.9 Å². The van der Waals surface area contributed by atoms with Gasteiger partial charge in [0.1, 0.15) is 12.7 Å². The molecule has 0 radical (unpaired) electrons. The number of rotatable bonds is 5. The largest absolute Gasteiger partial charge is 0.692 e. The molecule has 0 amide bonds. The standard InChI is InChI=1S/C3H8O6/c1-3(7-9-5)2-6-8-4/h3-5H,2H2,1H3/p-2. The first-order chi connectivity index (χ1) is 4.31. The highest BCUT2D eigenvalue weighted by Crippen LogP contribution is 1.88. The van der Waals surface area contributed by atoms with Gasteiger partial charge in [0.25, 0.3) is 0 Å². The smallest absolute Gasteiger partial charge is 0.116 e. The van der Waals surface area contributed by atoms with E-state index in [1.54, 1.807) is 0 Å². The van der Waals surface area contributed by atoms with Gasteiger partial charge in [-0.3, -0.25) is 10.1 Å². The van der Waals surface area contributed by atoms with Crippen LogP contribution in [0, 0.1) is 0 Å². The predicted octanol–water partition coefficient (Wildman–Crippen LogP) is -2.18. The highest BCUT2D eigenvalue weighted by molar-refractivity contribution is 4.38. The van der Waals surface area contributed by atoms with Crippen molar-refractivity contribution in [2.75, 3.05) is 6.61 Å². The van der Waals surface area contributed by atoms with Crippen LogP contribution in [0.1, 0.15) is 6.92 Å². The molecule has 56 valence electrons. The van der Waals surface area contributed by atoms with E-state index < -0.39 is 6.10 Å². The topological polar surface area (TPSA) is 83.0 Å². The molecule has 0 fully saturated rings. The molecule has 0 aromatic rings. The molecule has 1 atom stereocenters. The third-order valence-electron chi connectivity index (χ3n) is 0.554. The van der Waals surface area contributed by atoms with E-state index in [-0.39, 0.29) is 6.61 Å². The van der Waals surface area contributed by atoms with Gasteiger partial charge in [-0.15, -0.1) is 0 Å². The number of hydrogen-bond acceptors (Lipinski definition) is 6. The molecular weight excluding hydrogens is 132 g/mol. The van der Waals surface area contributed by atoms with Crippen LogP contribution in [0.5, 0.6) is 0 Å². The molecule has 0 aliphatic carbocycles. The molecular formula is C3H6O6-2. The Morgan fingerprint density at radius 3 is 2.44 bits per heavy atom. The second-order valence-electron chi connectivity index (χ2n) is 1.33. The summed E-state index contributed by atoms with van der Waals surface area (Å²) < 4.78 is 0. The van der Waals surface area contributed by atoms with Crippen molar-refractivity contribution in [3.63, 3.8) is 0 Å². The zero-order valence-electron chi connectivity index (χ0n) is 4.73. The molecule has 0 aliphatic rings. The zero-order chi connectivity index (χ0) is 7.11. The quantitative estimate of drug-likeness (QED) is 0.317. The fourth-order valence-corrected chi connectivity index (χ4v) is 0.218. The molecule has 0 spiro atoms. The highest BCUT2D eigenvalue weighted by atomic mass is 17.5. The van der Waals surface area contributed by atoms with Crippen LogP contribution < -0.4 is 10.5 Å². The van der Waals surface area contributed by atoms with Crippen molar-refractivity contribution in [3.8, 4) is 0 Å². The first-order valence-electron chi connectivity index (χ1n) is 2.18. The second kappa shape index (κ2) is 5.89. The van der Waals surface area contributed by atoms with E-state index in [0.29, 0.717) is 0 Å². The molecule has 9 heavy (non-hydrogen) atoms. The Kier molecular flexibility index (Phi) is 5.73. The highest BCUT2D eigenvalue weighted by Gasteiger charge is 1.98. The molecule has 0 aliphatic heterocycles. The first-order valence-corrected chi connectivity index (χ1v) is 2.18. The van der Waals surface area contributed by atoms with Crippen molar-refractivity contribution in [1.82, 2.24) is 0 Å². The van der Waals surface area contributed by atoms with Crippen molar-refractivity contribution in [2.24, 2.45) is 0 Å². The van der Waals surface area contributed by atoms with Gasteiger partial charge in [0.05, 0.1) is 0 Å². The van der Waals surface area contributed by atoms with E-state index >= 15 is 0 Å². The molecule has 0 saturated heterocycles. The molecule has 0 N–H and O–H groups in total. The van der Waals surface area contributed by atoms with Crippen LogP contribution in [0.3, 0.4) is 0 Å². The van der Waals surface area contributed by atoms with E-state index in [4.69, 9.17) is 5.26 Å². The van der Waals surface area contributed by atoms with Gasteiger partial charge in [-0.1, -0.05) is 0 Å². The molecule has 0 bridgehead atoms. The Morgan fingerprint density at radius 2 is 2.00 bits per heavy atom. The first kappa shape index (κ1) is 8.76. The summed E-state index contributed by atoms with van der Waals surface area (Å²) in [5.41, 5.74) is 0. The van der Waals surface area contributed by atoms with Gasteiger partial charge in [-0.2, -0.15) is 0 Å². The lowest BCUT2D eigenvalue weighted by Crippen LogP contribution is -2.21. The van der Waals surface area contributed by atoms with Gasteiger partial charge in [0.15, 0.2) is 0 Å². The molecule has 0 rings (SSSR count). The van der Waals surface area contributed by atoms with Crippen LogP contribution in [-0.4, -0.2) is 12.7 Å². The Balaban J connectivity index is 2.95. The summed E-state index contributed by atoms with van der Waals surface area (Å²) >= 11 is 0. The Hall–Kier alpha value is -0.240. The van der Waals surface area contributed by atoms with Crippen LogP contribution in [0.15, 0.2) is 0 Å². The minimum Gasteiger partial charge on any atom is -0.692 e. The lowest BCUT2D eigenvalue weighted by Gasteiger charge is -2.13. The van der Waals surface area contributed by atoms with Gasteiger partial charge in [-0.25, -0.2) is 9.78 Å². The van der Waals surface area contributed by atoms with E-state index in [1.807, 2.05) is 0 Å². The summed E-state index contributed by atoms with van der Waals surface area (Å²) in [7, 11) is 0. The Labute approximate surface area is 51.2 Å². The normalized spacial score (nSPS) is 13.7. The van der Waals surface area contributed by atoms with Crippen LogP contribution in [0.25, 0.3) is 0 Å². The Morgan fingerprint density at radius 1 is 1.33 bits per heavy atom. The van der Waals surface area contributed by atoms with Crippen LogP contribution in [0.2, 0.25) is 0 Å². The minimum atomic E-state index is -0.614. The lowest BCUT2D eigenvalue weighted by atomic mass is 10.5. The number of hydrogen-bond donors (Lipinski definition) is 0. The molecule has 0 aromatic heterocycles. The van der Waals surface area contributed by atoms with E-state index in [1.165, 1.54) is 6.92 Å². The molecule has 1 unspecified atom stereocenters. The van der Waals surface area contributed by atoms with Crippen molar-refractivity contribution >= 4 is 0 Å². The van der Waals surface area contributed by atoms with Crippen LogP contribution >= 0.6 is 0 Å². The summed E-state index contributed by atoms with van der Waals surface area (Å²) in [6.07, 6.45) is -0.614. The molecule has 0 heterocycles. The van der Waals surface area contributed by atoms with Gasteiger partial charge in [0.2, 0.25) is 0 Å². The fourth-order valence-electron chi connectivity index (χ4n) is 0.218. The van der Waals surface area contributed by atoms with Crippen molar-refractivity contribution in [3.05, 3.63) is 0 Å². The van der Waals surface area contributed by atoms with E-state index in [2.05, 4.69) is 19.9 Å². The summed E-state index contributed by atoms with van der Waals surface area (Å²) in [4.78, 5) is 7.79. The zero-order valence-corrected chi connectivity index (χ0v) is 4.73. The van der Waals surface area contributed by atoms with Gasteiger partial charge in [-0.05, 0) is 6.92 Å². The van der Waals surface area contributed by atoms with Crippen LogP contribution in [0.4, 0.5) is 0 Å². The monoisotopic (exact) mass is 138 g/mol. The Bertz CT molecular complexity index is 56.3. The van der Waals surface area contributed by atoms with E-state index in [9.17, 15) is 5.26 Å². The molecule has 0 aromatic carbocycles. The maximum atomic E-state index is 9.21. The third kappa shape index (κ3) is 5.63. The predicted molar refractivity (Wildman–Crippen MR) is 18.7 cm³/mol. The van der Waals surface area contributed by atoms with Crippen molar-refractivity contribution in [2.45, 2.75) is 13.0 Å². The minimum absolute atomic E-state index is 0.147.